The van der Waals surface area contributed by atoms with Gasteiger partial charge in [0.05, 0.1) is 35.6 Å². The van der Waals surface area contributed by atoms with E-state index in [0.717, 1.165) is 24.6 Å². The number of hydrogen-bond donors (Lipinski definition) is 4. The number of carbonyl (C=O) groups excluding carboxylic acids is 6. The standard InChI is InChI=1S/C51H53NO14/c1-27-35(64-47(60)40(56)39(52-45(58)31-16-9-7-10-17-31)34-22-21-30-15-13-14-20-33(30)23-34)25-51(61)44(65-46(59)32-18-11-8-12-19-32)42-49(6,36(55)24-37-50(42,26-62-37)66-29(3)54)43(57)41(63-28(2)53)38(27)48(51,4)5/h7-23,35-37,39-42,44,55-56,61H,24-26H2,1-6H3,(H,52,58)/t35-,36-,37+,39-,40+,41+,42-,44-,49+,50-,51+/m0/s1. The number of aliphatic hydroxyl groups excluding tert-OH is 2. The van der Waals surface area contributed by atoms with Crippen LogP contribution in [-0.2, 0) is 42.9 Å². The summed E-state index contributed by atoms with van der Waals surface area (Å²) in [4.78, 5) is 84.3. The van der Waals surface area contributed by atoms with Crippen molar-refractivity contribution in [3.05, 3.63) is 131 Å². The molecular weight excluding hydrogens is 851 g/mol. The van der Waals surface area contributed by atoms with Gasteiger partial charge in [0, 0.05) is 37.7 Å². The van der Waals surface area contributed by atoms with Crippen molar-refractivity contribution in [1.29, 1.82) is 0 Å². The molecule has 1 heterocycles. The summed E-state index contributed by atoms with van der Waals surface area (Å²) >= 11 is 0. The zero-order chi connectivity index (χ0) is 47.5. The molecule has 4 aliphatic rings. The van der Waals surface area contributed by atoms with E-state index in [-0.39, 0.29) is 35.3 Å². The van der Waals surface area contributed by atoms with Crippen LogP contribution in [0.2, 0.25) is 0 Å². The molecule has 3 aliphatic carbocycles. The molecule has 4 aromatic rings. The zero-order valence-corrected chi connectivity index (χ0v) is 37.4. The second kappa shape index (κ2) is 17.2. The lowest BCUT2D eigenvalue weighted by Gasteiger charge is -2.67. The van der Waals surface area contributed by atoms with Gasteiger partial charge in [0.1, 0.15) is 23.9 Å². The smallest absolute Gasteiger partial charge is 0.338 e. The summed E-state index contributed by atoms with van der Waals surface area (Å²) in [6.45, 7) is 7.99. The van der Waals surface area contributed by atoms with Crippen molar-refractivity contribution >= 4 is 46.3 Å². The van der Waals surface area contributed by atoms with E-state index in [1.54, 1.807) is 80.6 Å². The number of aliphatic hydroxyl groups is 3. The van der Waals surface area contributed by atoms with Gasteiger partial charge in [-0.1, -0.05) is 86.6 Å². The van der Waals surface area contributed by atoms with Gasteiger partial charge in [-0.05, 0) is 71.7 Å². The van der Waals surface area contributed by atoms with Gasteiger partial charge < -0.3 is 44.3 Å². The Balaban J connectivity index is 1.27. The van der Waals surface area contributed by atoms with Gasteiger partial charge in [-0.2, -0.15) is 0 Å². The molecule has 3 fully saturated rings. The summed E-state index contributed by atoms with van der Waals surface area (Å²) in [6, 6.07) is 27.3. The molecule has 2 bridgehead atoms. The van der Waals surface area contributed by atoms with E-state index >= 15 is 4.79 Å². The first-order valence-electron chi connectivity index (χ1n) is 21.9. The van der Waals surface area contributed by atoms with Crippen LogP contribution in [0.5, 0.6) is 0 Å². The van der Waals surface area contributed by atoms with Crippen LogP contribution in [0.15, 0.2) is 114 Å². The summed E-state index contributed by atoms with van der Waals surface area (Å²) in [7, 11) is 0. The highest BCUT2D eigenvalue weighted by atomic mass is 16.6. The molecule has 1 saturated heterocycles. The molecule has 1 aliphatic heterocycles. The first kappa shape index (κ1) is 46.3. The van der Waals surface area contributed by atoms with Gasteiger partial charge in [0.2, 0.25) is 0 Å². The average molecular weight is 904 g/mol. The van der Waals surface area contributed by atoms with Crippen molar-refractivity contribution in [3.63, 3.8) is 0 Å². The predicted octanol–water partition coefficient (Wildman–Crippen LogP) is 4.89. The third kappa shape index (κ3) is 7.57. The molecule has 0 spiro atoms. The third-order valence-corrected chi connectivity index (χ3v) is 14.5. The Morgan fingerprint density at radius 3 is 2.03 bits per heavy atom. The molecule has 346 valence electrons. The van der Waals surface area contributed by atoms with Gasteiger partial charge in [0.15, 0.2) is 23.6 Å². The van der Waals surface area contributed by atoms with Crippen LogP contribution in [0.3, 0.4) is 0 Å². The van der Waals surface area contributed by atoms with E-state index in [1.165, 1.54) is 26.0 Å². The largest absolute Gasteiger partial charge is 0.456 e. The highest BCUT2D eigenvalue weighted by molar-refractivity contribution is 5.96. The van der Waals surface area contributed by atoms with Gasteiger partial charge in [-0.15, -0.1) is 0 Å². The van der Waals surface area contributed by atoms with Crippen LogP contribution in [0.25, 0.3) is 10.8 Å². The van der Waals surface area contributed by atoms with Crippen LogP contribution in [-0.4, -0.2) is 105 Å². The molecule has 0 radical (unpaired) electrons. The molecule has 0 aromatic heterocycles. The third-order valence-electron chi connectivity index (χ3n) is 14.5. The topological polar surface area (TPSA) is 221 Å². The molecule has 11 atom stereocenters. The molecule has 0 unspecified atom stereocenters. The molecule has 15 nitrogen and oxygen atoms in total. The SMILES string of the molecule is CC(=O)O[C@H]1C(=O)[C@@]2(C)[C@H]([C@H](OC(=O)c3ccccc3)[C@]3(O)C[C@H](OC(=O)[C@H](O)[C@@H](NC(=O)c4ccccc4)c4ccc5ccccc5c4)C(C)=C1C3(C)C)[C@]1(OC(C)=O)CO[C@@H]1C[C@@H]2O. The molecule has 4 aromatic carbocycles. The number of hydrogen-bond acceptors (Lipinski definition) is 14. The molecule has 1 amide bonds. The van der Waals surface area contributed by atoms with Crippen LogP contribution in [0, 0.1) is 16.7 Å². The number of fused-ring (bicyclic) bond motifs is 6. The Morgan fingerprint density at radius 1 is 0.803 bits per heavy atom. The second-order valence-electron chi connectivity index (χ2n) is 18.5. The Kier molecular flexibility index (Phi) is 12.1. The number of Topliss-reactive ketones (excluding diaryl/α,β-unsaturated/α-hetero) is 1. The van der Waals surface area contributed by atoms with Crippen LogP contribution >= 0.6 is 0 Å². The summed E-state index contributed by atoms with van der Waals surface area (Å²) in [5.74, 6) is -6.87. The summed E-state index contributed by atoms with van der Waals surface area (Å²) in [5.41, 5.74) is -7.08. The number of rotatable bonds is 10. The number of benzene rings is 4. The van der Waals surface area contributed by atoms with Crippen molar-refractivity contribution in [2.75, 3.05) is 6.61 Å². The fraction of sp³-hybridized carbons (Fsp3) is 0.412. The maximum atomic E-state index is 15.6. The molecule has 8 rings (SSSR count). The van der Waals surface area contributed by atoms with Crippen molar-refractivity contribution in [2.24, 2.45) is 16.7 Å². The first-order chi connectivity index (χ1) is 31.2. The summed E-state index contributed by atoms with van der Waals surface area (Å²) in [6.07, 6.45) is -10.6. The molecule has 15 heteroatoms. The Hall–Kier alpha value is -6.26. The number of ether oxygens (including phenoxy) is 5. The van der Waals surface area contributed by atoms with Crippen molar-refractivity contribution in [1.82, 2.24) is 5.32 Å². The Bertz CT molecular complexity index is 2630. The number of nitrogens with one attached hydrogen (secondary N) is 1. The molecule has 66 heavy (non-hydrogen) atoms. The minimum absolute atomic E-state index is 0.00615. The van der Waals surface area contributed by atoms with Crippen LogP contribution < -0.4 is 5.32 Å². The monoisotopic (exact) mass is 903 g/mol. The van der Waals surface area contributed by atoms with Gasteiger partial charge in [-0.25, -0.2) is 9.59 Å². The highest BCUT2D eigenvalue weighted by Crippen LogP contribution is 2.64. The highest BCUT2D eigenvalue weighted by Gasteiger charge is 2.78. The van der Waals surface area contributed by atoms with Gasteiger partial charge in [0.25, 0.3) is 5.91 Å². The van der Waals surface area contributed by atoms with Crippen LogP contribution in [0.1, 0.15) is 86.7 Å². The quantitative estimate of drug-likeness (QED) is 0.0947. The Morgan fingerprint density at radius 2 is 1.42 bits per heavy atom. The minimum Gasteiger partial charge on any atom is -0.456 e. The zero-order valence-electron chi connectivity index (χ0n) is 37.4. The van der Waals surface area contributed by atoms with Gasteiger partial charge >= 0.3 is 23.9 Å². The van der Waals surface area contributed by atoms with Crippen LogP contribution in [0.4, 0.5) is 0 Å². The maximum absolute atomic E-state index is 15.6. The fourth-order valence-corrected chi connectivity index (χ4v) is 10.9. The van der Waals surface area contributed by atoms with E-state index in [1.807, 2.05) is 24.3 Å². The van der Waals surface area contributed by atoms with E-state index < -0.39 is 113 Å². The number of amides is 1. The predicted molar refractivity (Wildman–Crippen MR) is 235 cm³/mol. The number of carbonyl (C=O) groups is 6. The Labute approximate surface area is 381 Å². The molecule has 4 N–H and O–H groups in total. The average Bonchev–Trinajstić information content (AvgIpc) is 3.29. The second-order valence-corrected chi connectivity index (χ2v) is 18.5. The maximum Gasteiger partial charge on any atom is 0.338 e. The molecular formula is C51H53NO14. The van der Waals surface area contributed by atoms with Crippen molar-refractivity contribution in [3.8, 4) is 0 Å². The van der Waals surface area contributed by atoms with E-state index in [9.17, 15) is 39.3 Å². The normalized spacial score (nSPS) is 30.7. The summed E-state index contributed by atoms with van der Waals surface area (Å²) in [5, 5.41) is 42.4. The lowest BCUT2D eigenvalue weighted by molar-refractivity contribution is -0.346. The molecule has 2 saturated carbocycles. The number of ketones is 1. The fourth-order valence-electron chi connectivity index (χ4n) is 10.9. The van der Waals surface area contributed by atoms with Crippen molar-refractivity contribution < 1.29 is 67.8 Å². The van der Waals surface area contributed by atoms with Gasteiger partial charge in [-0.3, -0.25) is 19.2 Å². The lowest BCUT2D eigenvalue weighted by atomic mass is 9.44. The van der Waals surface area contributed by atoms with E-state index in [2.05, 4.69) is 5.32 Å². The minimum atomic E-state index is -2.41. The number of esters is 4. The van der Waals surface area contributed by atoms with E-state index in [0.29, 0.717) is 5.56 Å². The lowest BCUT2D eigenvalue weighted by Crippen LogP contribution is -2.82. The first-order valence-corrected chi connectivity index (χ1v) is 21.9. The summed E-state index contributed by atoms with van der Waals surface area (Å²) < 4.78 is 30.5. The van der Waals surface area contributed by atoms with E-state index in [4.69, 9.17) is 23.7 Å². The van der Waals surface area contributed by atoms with Crippen molar-refractivity contribution in [2.45, 2.75) is 108 Å².